The van der Waals surface area contributed by atoms with E-state index in [2.05, 4.69) is 20.3 Å². The van der Waals surface area contributed by atoms with Crippen LogP contribution in [-0.4, -0.2) is 22.0 Å². The average Bonchev–Trinajstić information content (AvgIpc) is 2.90. The van der Waals surface area contributed by atoms with E-state index in [-0.39, 0.29) is 0 Å². The van der Waals surface area contributed by atoms with Gasteiger partial charge in [0.25, 0.3) is 0 Å². The van der Waals surface area contributed by atoms with Gasteiger partial charge in [0.05, 0.1) is 11.4 Å². The van der Waals surface area contributed by atoms with Crippen LogP contribution >= 0.6 is 0 Å². The average molecular weight is 256 g/mol. The Balaban J connectivity index is 2.12. The predicted molar refractivity (Wildman–Crippen MR) is 73.8 cm³/mol. The molecule has 0 saturated heterocycles. The van der Waals surface area contributed by atoms with Gasteiger partial charge >= 0.3 is 0 Å². The summed E-state index contributed by atoms with van der Waals surface area (Å²) in [6.45, 7) is 4.57. The normalized spacial score (nSPS) is 11.3. The fraction of sp³-hybridized carbons (Fsp3) is 0.286. The zero-order chi connectivity index (χ0) is 13.4. The molecule has 1 aromatic carbocycles. The highest BCUT2D eigenvalue weighted by molar-refractivity contribution is 5.80. The Morgan fingerprint density at radius 3 is 2.89 bits per heavy atom. The maximum Gasteiger partial charge on any atom is 0.192 e. The number of rotatable bonds is 3. The number of aryl methyl sites for hydroxylation is 2. The summed E-state index contributed by atoms with van der Waals surface area (Å²) < 4.78 is 5.49. The Labute approximate surface area is 111 Å². The number of imidazole rings is 1. The molecule has 0 aliphatic rings. The van der Waals surface area contributed by atoms with Crippen molar-refractivity contribution in [2.75, 3.05) is 7.05 Å². The summed E-state index contributed by atoms with van der Waals surface area (Å²) in [5, 5.41) is 3.14. The van der Waals surface area contributed by atoms with Crippen LogP contribution in [0, 0.1) is 13.8 Å². The second kappa shape index (κ2) is 4.51. The molecule has 3 aromatic rings. The molecule has 0 amide bonds. The molecule has 2 N–H and O–H groups in total. The highest BCUT2D eigenvalue weighted by atomic mass is 16.3. The summed E-state index contributed by atoms with van der Waals surface area (Å²) in [6.07, 6.45) is 0. The van der Waals surface area contributed by atoms with Gasteiger partial charge in [0.15, 0.2) is 11.5 Å². The van der Waals surface area contributed by atoms with Crippen molar-refractivity contribution in [3.8, 4) is 11.3 Å². The molecule has 0 unspecified atom stereocenters. The van der Waals surface area contributed by atoms with E-state index in [0.717, 1.165) is 40.4 Å². The number of aromatic amines is 1. The summed E-state index contributed by atoms with van der Waals surface area (Å²) in [6, 6.07) is 5.97. The number of fused-ring (bicyclic) bond motifs is 1. The van der Waals surface area contributed by atoms with Crippen LogP contribution in [0.15, 0.2) is 22.6 Å². The van der Waals surface area contributed by atoms with Gasteiger partial charge in [-0.2, -0.15) is 0 Å². The van der Waals surface area contributed by atoms with Crippen LogP contribution in [-0.2, 0) is 6.54 Å². The van der Waals surface area contributed by atoms with Crippen molar-refractivity contribution in [2.45, 2.75) is 20.4 Å². The van der Waals surface area contributed by atoms with Gasteiger partial charge in [-0.05, 0) is 32.2 Å². The van der Waals surface area contributed by atoms with E-state index in [4.69, 9.17) is 4.42 Å². The second-order valence-corrected chi connectivity index (χ2v) is 4.60. The summed E-state index contributed by atoms with van der Waals surface area (Å²) in [5.74, 6) is 1.59. The van der Waals surface area contributed by atoms with Crippen molar-refractivity contribution in [2.24, 2.45) is 0 Å². The van der Waals surface area contributed by atoms with Crippen LogP contribution in [0.3, 0.4) is 0 Å². The Bertz CT molecular complexity index is 726. The maximum absolute atomic E-state index is 5.49. The molecule has 2 aromatic heterocycles. The molecule has 19 heavy (non-hydrogen) atoms. The van der Waals surface area contributed by atoms with E-state index in [1.807, 2.05) is 39.1 Å². The van der Waals surface area contributed by atoms with Gasteiger partial charge in [-0.25, -0.2) is 9.97 Å². The molecule has 0 saturated carbocycles. The van der Waals surface area contributed by atoms with Crippen LogP contribution in [0.4, 0.5) is 0 Å². The van der Waals surface area contributed by atoms with E-state index >= 15 is 0 Å². The fourth-order valence-corrected chi connectivity index (χ4v) is 2.27. The molecule has 0 bridgehead atoms. The van der Waals surface area contributed by atoms with Crippen LogP contribution in [0.5, 0.6) is 0 Å². The quantitative estimate of drug-likeness (QED) is 0.755. The number of aromatic nitrogens is 3. The minimum atomic E-state index is 0.681. The number of hydrogen-bond donors (Lipinski definition) is 2. The first kappa shape index (κ1) is 11.9. The molecule has 0 radical (unpaired) electrons. The third kappa shape index (κ3) is 2.13. The van der Waals surface area contributed by atoms with Crippen LogP contribution in [0.25, 0.3) is 22.4 Å². The number of nitrogens with one attached hydrogen (secondary N) is 2. The van der Waals surface area contributed by atoms with Crippen molar-refractivity contribution in [1.29, 1.82) is 0 Å². The van der Waals surface area contributed by atoms with Gasteiger partial charge in [-0.1, -0.05) is 0 Å². The standard InChI is InChI=1S/C14H16N4O/c1-8-16-12(7-15-3)14(17-8)10-4-5-13-11(6-10)18-9(2)19-13/h4-6,15H,7H2,1-3H3,(H,16,17). The molecule has 0 aliphatic heterocycles. The molecule has 5 heteroatoms. The van der Waals surface area contributed by atoms with Crippen molar-refractivity contribution >= 4 is 11.1 Å². The maximum atomic E-state index is 5.49. The van der Waals surface area contributed by atoms with Gasteiger partial charge in [-0.3, -0.25) is 0 Å². The van der Waals surface area contributed by atoms with Crippen LogP contribution < -0.4 is 5.32 Å². The number of nitrogens with zero attached hydrogens (tertiary/aromatic N) is 2. The second-order valence-electron chi connectivity index (χ2n) is 4.60. The number of H-pyrrole nitrogens is 1. The molecule has 0 aliphatic carbocycles. The van der Waals surface area contributed by atoms with E-state index in [1.54, 1.807) is 0 Å². The summed E-state index contributed by atoms with van der Waals surface area (Å²) in [5.41, 5.74) is 4.78. The van der Waals surface area contributed by atoms with Crippen molar-refractivity contribution in [3.63, 3.8) is 0 Å². The Morgan fingerprint density at radius 1 is 1.26 bits per heavy atom. The van der Waals surface area contributed by atoms with Gasteiger partial charge < -0.3 is 14.7 Å². The monoisotopic (exact) mass is 256 g/mol. The van der Waals surface area contributed by atoms with E-state index in [0.29, 0.717) is 5.89 Å². The lowest BCUT2D eigenvalue weighted by Gasteiger charge is -2.01. The summed E-state index contributed by atoms with van der Waals surface area (Å²) >= 11 is 0. The Hall–Kier alpha value is -2.14. The Morgan fingerprint density at radius 2 is 2.11 bits per heavy atom. The largest absolute Gasteiger partial charge is 0.441 e. The molecule has 3 rings (SSSR count). The Kier molecular flexibility index (Phi) is 2.83. The molecule has 2 heterocycles. The molecular formula is C14H16N4O. The van der Waals surface area contributed by atoms with E-state index in [9.17, 15) is 0 Å². The topological polar surface area (TPSA) is 66.7 Å². The molecule has 0 spiro atoms. The molecule has 5 nitrogen and oxygen atoms in total. The fourth-order valence-electron chi connectivity index (χ4n) is 2.27. The van der Waals surface area contributed by atoms with Crippen molar-refractivity contribution in [3.05, 3.63) is 35.6 Å². The zero-order valence-corrected chi connectivity index (χ0v) is 11.2. The zero-order valence-electron chi connectivity index (χ0n) is 11.2. The SMILES string of the molecule is CNCc1[nH]c(C)nc1-c1ccc2oc(C)nc2c1. The summed E-state index contributed by atoms with van der Waals surface area (Å²) in [7, 11) is 1.92. The highest BCUT2D eigenvalue weighted by Gasteiger charge is 2.12. The minimum absolute atomic E-state index is 0.681. The van der Waals surface area contributed by atoms with Crippen molar-refractivity contribution < 1.29 is 4.42 Å². The van der Waals surface area contributed by atoms with Gasteiger partial charge in [0, 0.05) is 19.0 Å². The molecule has 98 valence electrons. The third-order valence-electron chi connectivity index (χ3n) is 3.02. The first-order valence-electron chi connectivity index (χ1n) is 6.25. The molecule has 0 fully saturated rings. The summed E-state index contributed by atoms with van der Waals surface area (Å²) in [4.78, 5) is 12.2. The van der Waals surface area contributed by atoms with Crippen molar-refractivity contribution in [1.82, 2.24) is 20.3 Å². The molecular weight excluding hydrogens is 240 g/mol. The van der Waals surface area contributed by atoms with Gasteiger partial charge in [0.1, 0.15) is 11.3 Å². The third-order valence-corrected chi connectivity index (χ3v) is 3.02. The number of hydrogen-bond acceptors (Lipinski definition) is 4. The minimum Gasteiger partial charge on any atom is -0.441 e. The van der Waals surface area contributed by atoms with Gasteiger partial charge in [-0.15, -0.1) is 0 Å². The van der Waals surface area contributed by atoms with Crippen LogP contribution in [0.1, 0.15) is 17.4 Å². The molecule has 0 atom stereocenters. The number of oxazole rings is 1. The number of benzene rings is 1. The van der Waals surface area contributed by atoms with Crippen LogP contribution in [0.2, 0.25) is 0 Å². The first-order valence-corrected chi connectivity index (χ1v) is 6.25. The van der Waals surface area contributed by atoms with E-state index < -0.39 is 0 Å². The predicted octanol–water partition coefficient (Wildman–Crippen LogP) is 2.55. The first-order chi connectivity index (χ1) is 9.17. The van der Waals surface area contributed by atoms with E-state index in [1.165, 1.54) is 0 Å². The smallest absolute Gasteiger partial charge is 0.192 e. The lowest BCUT2D eigenvalue weighted by atomic mass is 10.1. The highest BCUT2D eigenvalue weighted by Crippen LogP contribution is 2.26. The lowest BCUT2D eigenvalue weighted by Crippen LogP contribution is -2.06. The lowest BCUT2D eigenvalue weighted by molar-refractivity contribution is 0.561. The van der Waals surface area contributed by atoms with Gasteiger partial charge in [0.2, 0.25) is 0 Å².